The van der Waals surface area contributed by atoms with E-state index in [9.17, 15) is 22.0 Å². The maximum atomic E-state index is 13.4. The van der Waals surface area contributed by atoms with E-state index in [1.165, 1.54) is 5.38 Å². The van der Waals surface area contributed by atoms with E-state index in [0.29, 0.717) is 6.07 Å². The molecule has 2 nitrogen and oxygen atoms in total. The number of aromatic nitrogens is 1. The minimum absolute atomic E-state index is 0.0576. The van der Waals surface area contributed by atoms with E-state index in [4.69, 9.17) is 5.73 Å². The zero-order valence-electron chi connectivity index (χ0n) is 8.55. The summed E-state index contributed by atoms with van der Waals surface area (Å²) in [5.41, 5.74) is 3.34. The van der Waals surface area contributed by atoms with E-state index in [0.717, 1.165) is 11.3 Å². The molecule has 0 fully saturated rings. The van der Waals surface area contributed by atoms with Crippen molar-refractivity contribution >= 4 is 16.5 Å². The highest BCUT2D eigenvalue weighted by Gasteiger charge is 2.33. The van der Waals surface area contributed by atoms with Crippen LogP contribution >= 0.6 is 11.3 Å². The highest BCUT2D eigenvalue weighted by atomic mass is 32.1. The number of nitrogens with two attached hydrogens (primary N) is 1. The quantitative estimate of drug-likeness (QED) is 0.809. The molecule has 0 radical (unpaired) electrons. The number of hydrogen-bond acceptors (Lipinski definition) is 3. The molecule has 0 saturated carbocycles. The molecule has 0 aliphatic rings. The van der Waals surface area contributed by atoms with Crippen LogP contribution in [0.3, 0.4) is 0 Å². The van der Waals surface area contributed by atoms with Gasteiger partial charge in [0.25, 0.3) is 0 Å². The number of benzene rings is 1. The Kier molecular flexibility index (Phi) is 2.97. The fourth-order valence-electron chi connectivity index (χ4n) is 1.35. The maximum Gasteiger partial charge on any atom is 0.416 e. The molecular weight excluding hydrogens is 275 g/mol. The van der Waals surface area contributed by atoms with Crippen LogP contribution < -0.4 is 5.73 Å². The van der Waals surface area contributed by atoms with Crippen molar-refractivity contribution in [2.75, 3.05) is 5.73 Å². The second-order valence-electron chi connectivity index (χ2n) is 3.39. The summed E-state index contributed by atoms with van der Waals surface area (Å²) in [6.45, 7) is 0. The summed E-state index contributed by atoms with van der Waals surface area (Å²) in [6.07, 6.45) is -4.76. The second-order valence-corrected chi connectivity index (χ2v) is 4.28. The van der Waals surface area contributed by atoms with Crippen molar-refractivity contribution < 1.29 is 22.0 Å². The van der Waals surface area contributed by atoms with Gasteiger partial charge in [0.1, 0.15) is 0 Å². The van der Waals surface area contributed by atoms with E-state index < -0.39 is 28.9 Å². The highest BCUT2D eigenvalue weighted by molar-refractivity contribution is 7.13. The zero-order valence-corrected chi connectivity index (χ0v) is 9.37. The van der Waals surface area contributed by atoms with Gasteiger partial charge in [0.15, 0.2) is 16.8 Å². The maximum absolute atomic E-state index is 13.4. The molecule has 1 heterocycles. The van der Waals surface area contributed by atoms with Crippen molar-refractivity contribution in [3.05, 3.63) is 34.7 Å². The van der Waals surface area contributed by atoms with Crippen molar-refractivity contribution in [1.29, 1.82) is 0 Å². The summed E-state index contributed by atoms with van der Waals surface area (Å²) in [5, 5.41) is 1.31. The van der Waals surface area contributed by atoms with Gasteiger partial charge in [0.05, 0.1) is 11.3 Å². The number of rotatable bonds is 1. The van der Waals surface area contributed by atoms with Crippen LogP contribution in [0.1, 0.15) is 5.56 Å². The van der Waals surface area contributed by atoms with Crippen LogP contribution in [0.5, 0.6) is 0 Å². The van der Waals surface area contributed by atoms with E-state index in [-0.39, 0.29) is 16.9 Å². The largest absolute Gasteiger partial charge is 0.416 e. The molecule has 0 bridgehead atoms. The Bertz CT molecular complexity index is 590. The number of alkyl halides is 3. The Morgan fingerprint density at radius 2 is 1.83 bits per heavy atom. The SMILES string of the molecule is Nc1nc(-c2cc(C(F)(F)F)cc(F)c2F)cs1. The number of nitrogen functional groups attached to an aromatic ring is 1. The summed E-state index contributed by atoms with van der Waals surface area (Å²) < 4.78 is 64.0. The van der Waals surface area contributed by atoms with Gasteiger partial charge in [-0.25, -0.2) is 13.8 Å². The lowest BCUT2D eigenvalue weighted by Gasteiger charge is -2.09. The third kappa shape index (κ3) is 2.28. The van der Waals surface area contributed by atoms with Crippen LogP contribution in [0.4, 0.5) is 27.1 Å². The van der Waals surface area contributed by atoms with E-state index in [1.807, 2.05) is 0 Å². The third-order valence-electron chi connectivity index (χ3n) is 2.15. The van der Waals surface area contributed by atoms with E-state index >= 15 is 0 Å². The van der Waals surface area contributed by atoms with Crippen molar-refractivity contribution in [3.63, 3.8) is 0 Å². The van der Waals surface area contributed by atoms with Gasteiger partial charge in [-0.05, 0) is 12.1 Å². The van der Waals surface area contributed by atoms with Crippen molar-refractivity contribution in [1.82, 2.24) is 4.98 Å². The molecule has 96 valence electrons. The van der Waals surface area contributed by atoms with Crippen LogP contribution in [-0.4, -0.2) is 4.98 Å². The van der Waals surface area contributed by atoms with Crippen molar-refractivity contribution in [3.8, 4) is 11.3 Å². The summed E-state index contributed by atoms with van der Waals surface area (Å²) in [5.74, 6) is -2.96. The molecule has 1 aromatic carbocycles. The lowest BCUT2D eigenvalue weighted by atomic mass is 10.1. The standard InChI is InChI=1S/C10H5F5N2S/c11-6-2-4(10(13,14)15)1-5(8(6)12)7-3-18-9(16)17-7/h1-3H,(H2,16,17). The van der Waals surface area contributed by atoms with E-state index in [1.54, 1.807) is 0 Å². The Morgan fingerprint density at radius 1 is 1.17 bits per heavy atom. The topological polar surface area (TPSA) is 38.9 Å². The highest BCUT2D eigenvalue weighted by Crippen LogP contribution is 2.35. The molecule has 1 aromatic heterocycles. The summed E-state index contributed by atoms with van der Waals surface area (Å²) in [4.78, 5) is 3.63. The Hall–Kier alpha value is -1.70. The zero-order chi connectivity index (χ0) is 13.5. The monoisotopic (exact) mass is 280 g/mol. The second kappa shape index (κ2) is 4.20. The molecule has 2 aromatic rings. The predicted octanol–water partition coefficient (Wildman–Crippen LogP) is 3.69. The fraction of sp³-hybridized carbons (Fsp3) is 0.100. The Balaban J connectivity index is 2.63. The summed E-state index contributed by atoms with van der Waals surface area (Å²) >= 11 is 0.923. The first kappa shape index (κ1) is 12.7. The van der Waals surface area contributed by atoms with Gasteiger partial charge in [-0.2, -0.15) is 13.2 Å². The van der Waals surface area contributed by atoms with Crippen molar-refractivity contribution in [2.45, 2.75) is 6.18 Å². The van der Waals surface area contributed by atoms with Gasteiger partial charge in [-0.15, -0.1) is 11.3 Å². The minimum Gasteiger partial charge on any atom is -0.375 e. The molecule has 0 saturated heterocycles. The average Bonchev–Trinajstić information content (AvgIpc) is 2.67. The van der Waals surface area contributed by atoms with Gasteiger partial charge in [-0.1, -0.05) is 0 Å². The lowest BCUT2D eigenvalue weighted by molar-refractivity contribution is -0.137. The average molecular weight is 280 g/mol. The predicted molar refractivity (Wildman–Crippen MR) is 56.9 cm³/mol. The van der Waals surface area contributed by atoms with Crippen LogP contribution in [0, 0.1) is 11.6 Å². The molecule has 0 amide bonds. The number of thiazole rings is 1. The third-order valence-corrected chi connectivity index (χ3v) is 2.83. The summed E-state index contributed by atoms with van der Waals surface area (Å²) in [7, 11) is 0. The Labute approximate surface area is 102 Å². The van der Waals surface area contributed by atoms with Gasteiger partial charge in [0.2, 0.25) is 0 Å². The van der Waals surface area contributed by atoms with Crippen LogP contribution in [0.25, 0.3) is 11.3 Å². The van der Waals surface area contributed by atoms with Crippen LogP contribution in [-0.2, 0) is 6.18 Å². The number of anilines is 1. The van der Waals surface area contributed by atoms with Gasteiger partial charge < -0.3 is 5.73 Å². The first-order chi connectivity index (χ1) is 8.29. The minimum atomic E-state index is -4.76. The molecule has 0 aliphatic carbocycles. The number of nitrogens with zero attached hydrogens (tertiary/aromatic N) is 1. The molecule has 0 aliphatic heterocycles. The van der Waals surface area contributed by atoms with E-state index in [2.05, 4.69) is 4.98 Å². The first-order valence-electron chi connectivity index (χ1n) is 4.56. The summed E-state index contributed by atoms with van der Waals surface area (Å²) in [6, 6.07) is 0.613. The van der Waals surface area contributed by atoms with Crippen LogP contribution in [0.2, 0.25) is 0 Å². The Morgan fingerprint density at radius 3 is 2.33 bits per heavy atom. The molecule has 0 unspecified atom stereocenters. The number of hydrogen-bond donors (Lipinski definition) is 1. The fourth-order valence-corrected chi connectivity index (χ4v) is 1.91. The molecule has 18 heavy (non-hydrogen) atoms. The molecular formula is C10H5F5N2S. The van der Waals surface area contributed by atoms with Crippen molar-refractivity contribution in [2.24, 2.45) is 0 Å². The van der Waals surface area contributed by atoms with Gasteiger partial charge >= 0.3 is 6.18 Å². The van der Waals surface area contributed by atoms with Gasteiger partial charge in [0, 0.05) is 10.9 Å². The molecule has 0 spiro atoms. The molecule has 8 heteroatoms. The lowest BCUT2D eigenvalue weighted by Crippen LogP contribution is -2.07. The number of halogens is 5. The van der Waals surface area contributed by atoms with Crippen LogP contribution in [0.15, 0.2) is 17.5 Å². The molecule has 2 rings (SSSR count). The molecule has 2 N–H and O–H groups in total. The van der Waals surface area contributed by atoms with Gasteiger partial charge in [-0.3, -0.25) is 0 Å². The smallest absolute Gasteiger partial charge is 0.375 e. The molecule has 0 atom stereocenters. The normalized spacial score (nSPS) is 11.8. The first-order valence-corrected chi connectivity index (χ1v) is 5.44.